The SMILES string of the molecule is CC1CCN(C2CCN3CCCC3C2)CC1N. The number of nitrogens with two attached hydrogens (primary N) is 1. The molecule has 0 radical (unpaired) electrons. The molecule has 3 rings (SSSR count). The summed E-state index contributed by atoms with van der Waals surface area (Å²) in [5.41, 5.74) is 6.23. The van der Waals surface area contributed by atoms with Crippen LogP contribution in [0.1, 0.15) is 39.0 Å². The highest BCUT2D eigenvalue weighted by Crippen LogP contribution is 2.31. The summed E-state index contributed by atoms with van der Waals surface area (Å²) >= 11 is 0. The Hall–Kier alpha value is -0.120. The third-order valence-corrected chi connectivity index (χ3v) is 5.36. The van der Waals surface area contributed by atoms with E-state index >= 15 is 0 Å². The van der Waals surface area contributed by atoms with E-state index in [0.29, 0.717) is 6.04 Å². The molecule has 4 unspecified atom stereocenters. The van der Waals surface area contributed by atoms with Gasteiger partial charge in [-0.15, -0.1) is 0 Å². The van der Waals surface area contributed by atoms with Gasteiger partial charge in [-0.05, 0) is 57.7 Å². The van der Waals surface area contributed by atoms with Crippen molar-refractivity contribution in [3.63, 3.8) is 0 Å². The molecule has 3 heterocycles. The van der Waals surface area contributed by atoms with E-state index in [0.717, 1.165) is 24.5 Å². The van der Waals surface area contributed by atoms with E-state index in [1.807, 2.05) is 0 Å². The highest BCUT2D eigenvalue weighted by molar-refractivity contribution is 4.93. The molecule has 2 N–H and O–H groups in total. The second-order valence-electron chi connectivity index (χ2n) is 6.43. The lowest BCUT2D eigenvalue weighted by molar-refractivity contribution is 0.0567. The van der Waals surface area contributed by atoms with E-state index in [-0.39, 0.29) is 0 Å². The fraction of sp³-hybridized carbons (Fsp3) is 1.00. The molecule has 3 saturated heterocycles. The van der Waals surface area contributed by atoms with Crippen molar-refractivity contribution in [2.45, 2.75) is 57.2 Å². The minimum absolute atomic E-state index is 0.408. The standard InChI is InChI=1S/C14H27N3/c1-11-4-7-17(10-14(11)15)13-5-8-16-6-2-3-12(16)9-13/h11-14H,2-10,15H2,1H3. The molecule has 3 nitrogen and oxygen atoms in total. The summed E-state index contributed by atoms with van der Waals surface area (Å²) in [5, 5.41) is 0. The fourth-order valence-corrected chi connectivity index (χ4v) is 3.99. The largest absolute Gasteiger partial charge is 0.326 e. The maximum atomic E-state index is 6.23. The first-order chi connectivity index (χ1) is 8.24. The first-order valence-electron chi connectivity index (χ1n) is 7.47. The van der Waals surface area contributed by atoms with Gasteiger partial charge in [-0.25, -0.2) is 0 Å². The van der Waals surface area contributed by atoms with Crippen LogP contribution in [-0.4, -0.2) is 54.1 Å². The fourth-order valence-electron chi connectivity index (χ4n) is 3.99. The van der Waals surface area contributed by atoms with Crippen LogP contribution < -0.4 is 5.73 Å². The monoisotopic (exact) mass is 237 g/mol. The Morgan fingerprint density at radius 2 is 1.71 bits per heavy atom. The predicted molar refractivity (Wildman–Crippen MR) is 70.9 cm³/mol. The van der Waals surface area contributed by atoms with E-state index in [4.69, 9.17) is 5.73 Å². The Morgan fingerprint density at radius 1 is 0.941 bits per heavy atom. The molecule has 0 bridgehead atoms. The second-order valence-corrected chi connectivity index (χ2v) is 6.43. The third-order valence-electron chi connectivity index (χ3n) is 5.36. The second kappa shape index (κ2) is 4.87. The highest BCUT2D eigenvalue weighted by atomic mass is 15.2. The van der Waals surface area contributed by atoms with Crippen molar-refractivity contribution in [1.82, 2.24) is 9.80 Å². The van der Waals surface area contributed by atoms with Crippen LogP contribution in [0.3, 0.4) is 0 Å². The van der Waals surface area contributed by atoms with Crippen molar-refractivity contribution < 1.29 is 0 Å². The third kappa shape index (κ3) is 2.38. The van der Waals surface area contributed by atoms with Crippen molar-refractivity contribution >= 4 is 0 Å². The number of fused-ring (bicyclic) bond motifs is 1. The van der Waals surface area contributed by atoms with Crippen molar-refractivity contribution in [2.24, 2.45) is 11.7 Å². The Kier molecular flexibility index (Phi) is 3.42. The van der Waals surface area contributed by atoms with Gasteiger partial charge in [0.05, 0.1) is 0 Å². The van der Waals surface area contributed by atoms with Crippen molar-refractivity contribution in [3.05, 3.63) is 0 Å². The van der Waals surface area contributed by atoms with Gasteiger partial charge in [0.2, 0.25) is 0 Å². The van der Waals surface area contributed by atoms with E-state index in [1.165, 1.54) is 51.7 Å². The molecule has 17 heavy (non-hydrogen) atoms. The molecule has 3 fully saturated rings. The number of nitrogens with zero attached hydrogens (tertiary/aromatic N) is 2. The quantitative estimate of drug-likeness (QED) is 0.746. The Morgan fingerprint density at radius 3 is 2.53 bits per heavy atom. The lowest BCUT2D eigenvalue weighted by Gasteiger charge is -2.44. The van der Waals surface area contributed by atoms with Crippen LogP contribution in [0.5, 0.6) is 0 Å². The molecule has 0 aromatic rings. The summed E-state index contributed by atoms with van der Waals surface area (Å²) in [6, 6.07) is 2.13. The van der Waals surface area contributed by atoms with Crippen LogP contribution in [-0.2, 0) is 0 Å². The normalized spacial score (nSPS) is 44.8. The summed E-state index contributed by atoms with van der Waals surface area (Å²) in [4.78, 5) is 5.41. The Bertz CT molecular complexity index is 268. The van der Waals surface area contributed by atoms with Gasteiger partial charge in [-0.1, -0.05) is 6.92 Å². The van der Waals surface area contributed by atoms with Crippen LogP contribution in [0.25, 0.3) is 0 Å². The Balaban J connectivity index is 1.58. The van der Waals surface area contributed by atoms with Gasteiger partial charge >= 0.3 is 0 Å². The van der Waals surface area contributed by atoms with Crippen molar-refractivity contribution in [3.8, 4) is 0 Å². The van der Waals surface area contributed by atoms with Crippen LogP contribution in [0.15, 0.2) is 0 Å². The molecule has 0 aromatic heterocycles. The molecule has 3 heteroatoms. The molecule has 0 amide bonds. The van der Waals surface area contributed by atoms with Crippen LogP contribution in [0.4, 0.5) is 0 Å². The van der Waals surface area contributed by atoms with Crippen LogP contribution >= 0.6 is 0 Å². The number of likely N-dealkylation sites (tertiary alicyclic amines) is 1. The molecular weight excluding hydrogens is 210 g/mol. The molecule has 3 aliphatic rings. The molecule has 4 atom stereocenters. The van der Waals surface area contributed by atoms with Gasteiger partial charge in [0.1, 0.15) is 0 Å². The molecule has 0 saturated carbocycles. The molecule has 3 aliphatic heterocycles. The predicted octanol–water partition coefficient (Wildman–Crippen LogP) is 1.28. The summed E-state index contributed by atoms with van der Waals surface area (Å²) in [6.07, 6.45) is 6.94. The minimum atomic E-state index is 0.408. The van der Waals surface area contributed by atoms with E-state index < -0.39 is 0 Å². The van der Waals surface area contributed by atoms with Crippen molar-refractivity contribution in [2.75, 3.05) is 26.2 Å². The van der Waals surface area contributed by atoms with Gasteiger partial charge in [0.15, 0.2) is 0 Å². The maximum Gasteiger partial charge on any atom is 0.0194 e. The van der Waals surface area contributed by atoms with Gasteiger partial charge in [0, 0.05) is 24.7 Å². The molecular formula is C14H27N3. The Labute approximate surface area is 105 Å². The van der Waals surface area contributed by atoms with Crippen LogP contribution in [0.2, 0.25) is 0 Å². The summed E-state index contributed by atoms with van der Waals surface area (Å²) in [6.45, 7) is 7.41. The zero-order valence-corrected chi connectivity index (χ0v) is 11.1. The van der Waals surface area contributed by atoms with Gasteiger partial charge in [0.25, 0.3) is 0 Å². The smallest absolute Gasteiger partial charge is 0.0194 e. The number of piperidine rings is 2. The van der Waals surface area contributed by atoms with Gasteiger partial charge in [-0.2, -0.15) is 0 Å². The number of hydrogen-bond acceptors (Lipinski definition) is 3. The van der Waals surface area contributed by atoms with Crippen molar-refractivity contribution in [1.29, 1.82) is 0 Å². The topological polar surface area (TPSA) is 32.5 Å². The lowest BCUT2D eigenvalue weighted by Crippen LogP contribution is -2.54. The zero-order valence-electron chi connectivity index (χ0n) is 11.1. The molecule has 98 valence electrons. The maximum absolute atomic E-state index is 6.23. The van der Waals surface area contributed by atoms with E-state index in [2.05, 4.69) is 16.7 Å². The summed E-state index contributed by atoms with van der Waals surface area (Å²) in [5.74, 6) is 0.720. The summed E-state index contributed by atoms with van der Waals surface area (Å²) in [7, 11) is 0. The summed E-state index contributed by atoms with van der Waals surface area (Å²) < 4.78 is 0. The van der Waals surface area contributed by atoms with Gasteiger partial charge < -0.3 is 10.6 Å². The number of rotatable bonds is 1. The lowest BCUT2D eigenvalue weighted by atomic mass is 9.90. The molecule has 0 spiro atoms. The first kappa shape index (κ1) is 11.9. The van der Waals surface area contributed by atoms with E-state index in [1.54, 1.807) is 0 Å². The zero-order chi connectivity index (χ0) is 11.8. The average molecular weight is 237 g/mol. The molecule has 0 aliphatic carbocycles. The number of hydrogen-bond donors (Lipinski definition) is 1. The van der Waals surface area contributed by atoms with E-state index in [9.17, 15) is 0 Å². The van der Waals surface area contributed by atoms with Crippen LogP contribution in [0, 0.1) is 5.92 Å². The highest BCUT2D eigenvalue weighted by Gasteiger charge is 2.36. The van der Waals surface area contributed by atoms with Gasteiger partial charge in [-0.3, -0.25) is 4.90 Å². The first-order valence-corrected chi connectivity index (χ1v) is 7.47. The molecule has 0 aromatic carbocycles. The minimum Gasteiger partial charge on any atom is -0.326 e. The average Bonchev–Trinajstić information content (AvgIpc) is 2.79.